The van der Waals surface area contributed by atoms with Crippen LogP contribution in [-0.2, 0) is 9.47 Å². The normalized spacial score (nSPS) is 39.0. The number of halogens is 1. The Morgan fingerprint density at radius 3 is 1.82 bits per heavy atom. The maximum absolute atomic E-state index is 5.74. The van der Waals surface area contributed by atoms with E-state index in [9.17, 15) is 0 Å². The molecule has 0 aliphatic carbocycles. The van der Waals surface area contributed by atoms with E-state index in [1.165, 1.54) is 0 Å². The smallest absolute Gasteiger partial charge is 0.168 e. The second-order valence-corrected chi connectivity index (χ2v) is 2.53. The monoisotopic (exact) mass is 181 g/mol. The zero-order valence-electron chi connectivity index (χ0n) is 6.43. The summed E-state index contributed by atoms with van der Waals surface area (Å²) in [7, 11) is 3.15. The van der Waals surface area contributed by atoms with Gasteiger partial charge in [0.1, 0.15) is 5.62 Å². The molecule has 1 saturated heterocycles. The first-order valence-electron chi connectivity index (χ1n) is 3.24. The Morgan fingerprint density at radius 2 is 1.45 bits per heavy atom. The van der Waals surface area contributed by atoms with Gasteiger partial charge in [0.2, 0.25) is 0 Å². The molecule has 11 heavy (non-hydrogen) atoms. The van der Waals surface area contributed by atoms with Gasteiger partial charge in [0.05, 0.1) is 0 Å². The van der Waals surface area contributed by atoms with Gasteiger partial charge in [-0.25, -0.2) is 5.32 Å². The predicted octanol–water partition coefficient (Wildman–Crippen LogP) is -0.849. The summed E-state index contributed by atoms with van der Waals surface area (Å²) in [5.41, 5.74) is -0.342. The first kappa shape index (κ1) is 9.18. The molecule has 66 valence electrons. The van der Waals surface area contributed by atoms with Crippen LogP contribution in [-0.4, -0.2) is 32.5 Å². The van der Waals surface area contributed by atoms with E-state index in [4.69, 9.17) is 21.1 Å². The number of ether oxygens (including phenoxy) is 2. The molecular weight excluding hydrogens is 170 g/mol. The molecule has 0 saturated carbocycles. The summed E-state index contributed by atoms with van der Waals surface area (Å²) in [6, 6.07) is 0. The molecule has 0 spiro atoms. The van der Waals surface area contributed by atoms with Gasteiger partial charge in [-0.05, 0) is 0 Å². The molecule has 1 rings (SSSR count). The van der Waals surface area contributed by atoms with E-state index >= 15 is 0 Å². The van der Waals surface area contributed by atoms with Crippen LogP contribution < -0.4 is 16.0 Å². The summed E-state index contributed by atoms with van der Waals surface area (Å²) in [5.74, 6) is 0. The number of alkyl halides is 1. The third-order valence-electron chi connectivity index (χ3n) is 1.37. The molecule has 5 nitrogen and oxygen atoms in total. The average Bonchev–Trinajstić information content (AvgIpc) is 2.03. The van der Waals surface area contributed by atoms with Crippen molar-refractivity contribution in [3.63, 3.8) is 0 Å². The molecule has 1 aliphatic rings. The van der Waals surface area contributed by atoms with E-state index in [1.54, 1.807) is 14.2 Å². The molecule has 2 atom stereocenters. The Bertz CT molecular complexity index is 114. The van der Waals surface area contributed by atoms with Crippen molar-refractivity contribution >= 4 is 11.6 Å². The van der Waals surface area contributed by atoms with Crippen molar-refractivity contribution in [1.82, 2.24) is 16.0 Å². The minimum Gasteiger partial charge on any atom is -0.353 e. The third kappa shape index (κ3) is 2.55. The lowest BCUT2D eigenvalue weighted by atomic mass is 10.7. The fourth-order valence-electron chi connectivity index (χ4n) is 0.820. The zero-order valence-corrected chi connectivity index (χ0v) is 7.18. The Kier molecular flexibility index (Phi) is 3.50. The molecule has 0 aromatic heterocycles. The Balaban J connectivity index is 2.37. The number of nitrogens with one attached hydrogen (secondary N) is 3. The van der Waals surface area contributed by atoms with Crippen molar-refractivity contribution < 1.29 is 9.47 Å². The summed E-state index contributed by atoms with van der Waals surface area (Å²) in [6.07, 6.45) is -0.549. The van der Waals surface area contributed by atoms with Gasteiger partial charge in [0.15, 0.2) is 12.7 Å². The largest absolute Gasteiger partial charge is 0.353 e. The van der Waals surface area contributed by atoms with Gasteiger partial charge in [0.25, 0.3) is 0 Å². The number of hydrogen-bond donors (Lipinski definition) is 3. The summed E-state index contributed by atoms with van der Waals surface area (Å²) < 4.78 is 9.93. The quantitative estimate of drug-likeness (QED) is 0.383. The van der Waals surface area contributed by atoms with Crippen molar-refractivity contribution in [1.29, 1.82) is 0 Å². The van der Waals surface area contributed by atoms with E-state index in [0.717, 1.165) is 0 Å². The van der Waals surface area contributed by atoms with E-state index in [2.05, 4.69) is 16.0 Å². The standard InChI is InChI=1S/C5H12ClN3O2/c1-10-4-7-3(6)8-5(9-4)11-2/h3-5,7-9H,1-2H3. The van der Waals surface area contributed by atoms with Gasteiger partial charge >= 0.3 is 0 Å². The first-order chi connectivity index (χ1) is 5.26. The highest BCUT2D eigenvalue weighted by Crippen LogP contribution is 1.98. The Labute approximate surface area is 70.4 Å². The minimum atomic E-state index is -0.342. The fourth-order valence-corrected chi connectivity index (χ4v) is 1.05. The molecule has 1 aliphatic heterocycles. The molecule has 0 aromatic carbocycles. The van der Waals surface area contributed by atoms with Crippen LogP contribution in [0.15, 0.2) is 0 Å². The lowest BCUT2D eigenvalue weighted by molar-refractivity contribution is -0.0724. The first-order valence-corrected chi connectivity index (χ1v) is 3.67. The van der Waals surface area contributed by atoms with Gasteiger partial charge in [-0.15, -0.1) is 0 Å². The van der Waals surface area contributed by atoms with Crippen molar-refractivity contribution in [2.75, 3.05) is 14.2 Å². The molecule has 3 N–H and O–H groups in total. The van der Waals surface area contributed by atoms with Crippen molar-refractivity contribution in [2.45, 2.75) is 18.3 Å². The topological polar surface area (TPSA) is 54.5 Å². The maximum Gasteiger partial charge on any atom is 0.168 e. The Morgan fingerprint density at radius 1 is 1.00 bits per heavy atom. The maximum atomic E-state index is 5.74. The van der Waals surface area contributed by atoms with E-state index in [0.29, 0.717) is 0 Å². The van der Waals surface area contributed by atoms with Crippen LogP contribution in [0.2, 0.25) is 0 Å². The van der Waals surface area contributed by atoms with Crippen LogP contribution in [0.1, 0.15) is 0 Å². The van der Waals surface area contributed by atoms with Crippen LogP contribution in [0.25, 0.3) is 0 Å². The van der Waals surface area contributed by atoms with Crippen molar-refractivity contribution in [3.05, 3.63) is 0 Å². The second-order valence-electron chi connectivity index (χ2n) is 2.09. The lowest BCUT2D eigenvalue weighted by Gasteiger charge is -2.33. The molecule has 0 aromatic rings. The number of methoxy groups -OCH3 is 2. The fraction of sp³-hybridized carbons (Fsp3) is 1.00. The van der Waals surface area contributed by atoms with Crippen LogP contribution >= 0.6 is 11.6 Å². The van der Waals surface area contributed by atoms with Crippen LogP contribution in [0.3, 0.4) is 0 Å². The molecule has 2 unspecified atom stereocenters. The molecule has 1 fully saturated rings. The highest BCUT2D eigenvalue weighted by molar-refractivity contribution is 6.20. The number of rotatable bonds is 2. The van der Waals surface area contributed by atoms with Gasteiger partial charge in [-0.1, -0.05) is 11.6 Å². The van der Waals surface area contributed by atoms with Crippen LogP contribution in [0, 0.1) is 0 Å². The average molecular weight is 182 g/mol. The van der Waals surface area contributed by atoms with Gasteiger partial charge in [-0.2, -0.15) is 0 Å². The van der Waals surface area contributed by atoms with Crippen LogP contribution in [0.5, 0.6) is 0 Å². The van der Waals surface area contributed by atoms with E-state index in [-0.39, 0.29) is 18.3 Å². The summed E-state index contributed by atoms with van der Waals surface area (Å²) >= 11 is 5.74. The van der Waals surface area contributed by atoms with Gasteiger partial charge < -0.3 is 9.47 Å². The molecule has 1 heterocycles. The third-order valence-corrected chi connectivity index (χ3v) is 1.62. The number of hydrogen-bond acceptors (Lipinski definition) is 5. The summed E-state index contributed by atoms with van der Waals surface area (Å²) in [5, 5.41) is 8.67. The minimum absolute atomic E-state index is 0.274. The predicted molar refractivity (Wildman–Crippen MR) is 40.6 cm³/mol. The molecular formula is C5H12ClN3O2. The molecule has 6 heteroatoms. The van der Waals surface area contributed by atoms with Gasteiger partial charge in [-0.3, -0.25) is 10.6 Å². The zero-order chi connectivity index (χ0) is 8.27. The summed E-state index contributed by atoms with van der Waals surface area (Å²) in [4.78, 5) is 0. The lowest BCUT2D eigenvalue weighted by Crippen LogP contribution is -2.66. The van der Waals surface area contributed by atoms with Gasteiger partial charge in [0, 0.05) is 14.2 Å². The van der Waals surface area contributed by atoms with Crippen molar-refractivity contribution in [2.24, 2.45) is 0 Å². The Hall–Kier alpha value is 0.0900. The van der Waals surface area contributed by atoms with Crippen LogP contribution in [0.4, 0.5) is 0 Å². The SMILES string of the molecule is COC1NC(Cl)NC(OC)N1. The van der Waals surface area contributed by atoms with E-state index < -0.39 is 0 Å². The summed E-state index contributed by atoms with van der Waals surface area (Å²) in [6.45, 7) is 0. The highest BCUT2D eigenvalue weighted by Gasteiger charge is 2.24. The van der Waals surface area contributed by atoms with Crippen molar-refractivity contribution in [3.8, 4) is 0 Å². The molecule has 0 amide bonds. The molecule has 0 bridgehead atoms. The highest BCUT2D eigenvalue weighted by atomic mass is 35.5. The molecule has 0 radical (unpaired) electrons. The van der Waals surface area contributed by atoms with E-state index in [1.807, 2.05) is 0 Å². The second kappa shape index (κ2) is 4.20.